The van der Waals surface area contributed by atoms with E-state index in [0.29, 0.717) is 51.2 Å². The molecule has 3 aromatic rings. The number of amides is 3. The summed E-state index contributed by atoms with van der Waals surface area (Å²) in [4.78, 5) is 46.5. The second-order valence-corrected chi connectivity index (χ2v) is 11.0. The molecule has 1 saturated heterocycles. The smallest absolute Gasteiger partial charge is 0.271 e. The van der Waals surface area contributed by atoms with Crippen molar-refractivity contribution in [3.63, 3.8) is 0 Å². The first-order valence-electron chi connectivity index (χ1n) is 13.7. The topological polar surface area (TPSA) is 107 Å². The summed E-state index contributed by atoms with van der Waals surface area (Å²) in [5, 5.41) is 3.16. The number of hydrogen-bond donors (Lipinski definition) is 3. The van der Waals surface area contributed by atoms with Crippen LogP contribution in [0.15, 0.2) is 54.7 Å². The third-order valence-corrected chi connectivity index (χ3v) is 7.58. The maximum Gasteiger partial charge on any atom is 0.271 e. The number of nitrogens with one attached hydrogen (secondary N) is 3. The average molecular weight is 587 g/mol. The SMILES string of the molecule is Cc1ccc(C(=O)NNC(=O)c2c(C)cccc2Cl)cc1C#Cc1ccc(NC(=O)CN2CCC(N(C)C)CC2)nc1. The molecule has 9 nitrogen and oxygen atoms in total. The summed E-state index contributed by atoms with van der Waals surface area (Å²) in [7, 11) is 4.19. The lowest BCUT2D eigenvalue weighted by molar-refractivity contribution is -0.117. The normalized spacial score (nSPS) is 13.7. The molecule has 4 rings (SSSR count). The number of benzene rings is 2. The van der Waals surface area contributed by atoms with Crippen molar-refractivity contribution in [1.82, 2.24) is 25.6 Å². The van der Waals surface area contributed by atoms with Gasteiger partial charge in [-0.2, -0.15) is 0 Å². The third kappa shape index (κ3) is 8.17. The van der Waals surface area contributed by atoms with Gasteiger partial charge in [0.05, 0.1) is 17.1 Å². The van der Waals surface area contributed by atoms with E-state index in [1.54, 1.807) is 61.7 Å². The minimum absolute atomic E-state index is 0.0893. The van der Waals surface area contributed by atoms with E-state index in [-0.39, 0.29) is 5.91 Å². The molecule has 3 N–H and O–H groups in total. The van der Waals surface area contributed by atoms with Gasteiger partial charge in [-0.1, -0.05) is 41.6 Å². The Balaban J connectivity index is 1.32. The van der Waals surface area contributed by atoms with Crippen LogP contribution in [0.4, 0.5) is 5.82 Å². The Labute approximate surface area is 251 Å². The van der Waals surface area contributed by atoms with Crippen LogP contribution in [0.25, 0.3) is 0 Å². The van der Waals surface area contributed by atoms with Crippen LogP contribution in [-0.4, -0.2) is 72.3 Å². The number of likely N-dealkylation sites (tertiary alicyclic amines) is 1. The van der Waals surface area contributed by atoms with E-state index >= 15 is 0 Å². The minimum Gasteiger partial charge on any atom is -0.310 e. The zero-order valence-electron chi connectivity index (χ0n) is 24.3. The summed E-state index contributed by atoms with van der Waals surface area (Å²) in [6.07, 6.45) is 3.71. The van der Waals surface area contributed by atoms with Crippen molar-refractivity contribution in [1.29, 1.82) is 0 Å². The number of aryl methyl sites for hydroxylation is 2. The Hall–Kier alpha value is -4.23. The molecule has 0 radical (unpaired) electrons. The average Bonchev–Trinajstić information content (AvgIpc) is 2.96. The van der Waals surface area contributed by atoms with Crippen molar-refractivity contribution >= 4 is 35.1 Å². The van der Waals surface area contributed by atoms with E-state index < -0.39 is 11.8 Å². The Morgan fingerprint density at radius 1 is 0.976 bits per heavy atom. The highest BCUT2D eigenvalue weighted by molar-refractivity contribution is 6.34. The second kappa shape index (κ2) is 14.1. The first-order chi connectivity index (χ1) is 20.1. The van der Waals surface area contributed by atoms with E-state index in [2.05, 4.69) is 56.9 Å². The van der Waals surface area contributed by atoms with E-state index in [0.717, 1.165) is 31.5 Å². The summed E-state index contributed by atoms with van der Waals surface area (Å²) < 4.78 is 0. The van der Waals surface area contributed by atoms with Crippen LogP contribution >= 0.6 is 11.6 Å². The van der Waals surface area contributed by atoms with Gasteiger partial charge in [0.2, 0.25) is 5.91 Å². The van der Waals surface area contributed by atoms with Gasteiger partial charge < -0.3 is 10.2 Å². The zero-order chi connectivity index (χ0) is 30.2. The molecule has 0 aliphatic carbocycles. The van der Waals surface area contributed by atoms with Gasteiger partial charge in [0.25, 0.3) is 11.8 Å². The predicted octanol–water partition coefficient (Wildman–Crippen LogP) is 3.79. The highest BCUT2D eigenvalue weighted by Crippen LogP contribution is 2.19. The fourth-order valence-corrected chi connectivity index (χ4v) is 5.03. The summed E-state index contributed by atoms with van der Waals surface area (Å²) in [5.74, 6) is 5.53. The van der Waals surface area contributed by atoms with Crippen molar-refractivity contribution in [2.75, 3.05) is 39.0 Å². The third-order valence-electron chi connectivity index (χ3n) is 7.27. The number of hydrazine groups is 1. The quantitative estimate of drug-likeness (QED) is 0.300. The molecule has 0 saturated carbocycles. The van der Waals surface area contributed by atoms with Crippen LogP contribution in [0.2, 0.25) is 5.02 Å². The second-order valence-electron chi connectivity index (χ2n) is 10.6. The monoisotopic (exact) mass is 586 g/mol. The maximum absolute atomic E-state index is 12.7. The van der Waals surface area contributed by atoms with Crippen LogP contribution in [0.5, 0.6) is 0 Å². The summed E-state index contributed by atoms with van der Waals surface area (Å²) >= 11 is 6.14. The molecule has 1 aliphatic rings. The van der Waals surface area contributed by atoms with Crippen molar-refractivity contribution in [3.8, 4) is 11.8 Å². The molecule has 42 heavy (non-hydrogen) atoms. The standard InChI is InChI=1S/C32H35ClN6O3/c1-21-8-11-25(31(41)36-37-32(42)30-22(2)6-5-7-27(30)33)18-24(21)12-9-23-10-13-28(34-19-23)35-29(40)20-39-16-14-26(15-17-39)38(3)4/h5-8,10-11,13,18-19,26H,14-17,20H2,1-4H3,(H,36,41)(H,37,42)(H,34,35,40). The number of pyridine rings is 1. The molecule has 0 atom stereocenters. The fraction of sp³-hybridized carbons (Fsp3) is 0.312. The van der Waals surface area contributed by atoms with Crippen LogP contribution in [-0.2, 0) is 4.79 Å². The van der Waals surface area contributed by atoms with Crippen molar-refractivity contribution < 1.29 is 14.4 Å². The first-order valence-corrected chi connectivity index (χ1v) is 14.1. The predicted molar refractivity (Wildman–Crippen MR) is 164 cm³/mol. The van der Waals surface area contributed by atoms with Gasteiger partial charge in [-0.3, -0.25) is 30.1 Å². The lowest BCUT2D eigenvalue weighted by Gasteiger charge is -2.34. The van der Waals surface area contributed by atoms with E-state index in [4.69, 9.17) is 11.6 Å². The minimum atomic E-state index is -0.504. The fourth-order valence-electron chi connectivity index (χ4n) is 4.73. The number of rotatable bonds is 6. The van der Waals surface area contributed by atoms with Gasteiger partial charge in [-0.15, -0.1) is 0 Å². The first kappa shape index (κ1) is 30.7. The Bertz CT molecular complexity index is 1500. The molecule has 3 amide bonds. The van der Waals surface area contributed by atoms with Crippen molar-refractivity contribution in [3.05, 3.63) is 93.1 Å². The Morgan fingerprint density at radius 3 is 2.38 bits per heavy atom. The highest BCUT2D eigenvalue weighted by Gasteiger charge is 2.22. The van der Waals surface area contributed by atoms with Crippen LogP contribution in [0.1, 0.15) is 55.8 Å². The molecule has 2 aromatic carbocycles. The largest absolute Gasteiger partial charge is 0.310 e. The van der Waals surface area contributed by atoms with Crippen LogP contribution in [0.3, 0.4) is 0 Å². The molecule has 2 heterocycles. The van der Waals surface area contributed by atoms with Gasteiger partial charge in [-0.25, -0.2) is 4.98 Å². The molecule has 1 aromatic heterocycles. The molecule has 0 bridgehead atoms. The number of piperidine rings is 1. The van der Waals surface area contributed by atoms with Gasteiger partial charge >= 0.3 is 0 Å². The molecule has 218 valence electrons. The van der Waals surface area contributed by atoms with Crippen LogP contribution < -0.4 is 16.2 Å². The number of hydrogen-bond acceptors (Lipinski definition) is 6. The molecule has 0 unspecified atom stereocenters. The number of aromatic nitrogens is 1. The lowest BCUT2D eigenvalue weighted by atomic mass is 10.0. The van der Waals surface area contributed by atoms with Gasteiger partial charge in [-0.05, 0) is 82.2 Å². The number of carbonyl (C=O) groups is 3. The Kier molecular flexibility index (Phi) is 10.3. The van der Waals surface area contributed by atoms with Crippen molar-refractivity contribution in [2.45, 2.75) is 32.7 Å². The molecule has 1 aliphatic heterocycles. The lowest BCUT2D eigenvalue weighted by Crippen LogP contribution is -2.44. The van der Waals surface area contributed by atoms with Crippen molar-refractivity contribution in [2.24, 2.45) is 0 Å². The van der Waals surface area contributed by atoms with Crippen LogP contribution in [0, 0.1) is 25.7 Å². The number of nitrogens with zero attached hydrogens (tertiary/aromatic N) is 3. The summed E-state index contributed by atoms with van der Waals surface area (Å²) in [6.45, 7) is 5.81. The van der Waals surface area contributed by atoms with E-state index in [9.17, 15) is 14.4 Å². The highest BCUT2D eigenvalue weighted by atomic mass is 35.5. The number of halogens is 1. The van der Waals surface area contributed by atoms with Gasteiger partial charge in [0, 0.05) is 42.0 Å². The summed E-state index contributed by atoms with van der Waals surface area (Å²) in [5.41, 5.74) is 8.39. The van der Waals surface area contributed by atoms with E-state index in [1.807, 2.05) is 6.92 Å². The van der Waals surface area contributed by atoms with E-state index in [1.165, 1.54) is 0 Å². The maximum atomic E-state index is 12.7. The summed E-state index contributed by atoms with van der Waals surface area (Å²) in [6, 6.07) is 14.3. The number of carbonyl (C=O) groups excluding carboxylic acids is 3. The zero-order valence-corrected chi connectivity index (χ0v) is 25.0. The molecule has 0 spiro atoms. The molecule has 1 fully saturated rings. The Morgan fingerprint density at radius 2 is 1.71 bits per heavy atom. The molecule has 10 heteroatoms. The van der Waals surface area contributed by atoms with Gasteiger partial charge in [0.15, 0.2) is 0 Å². The molecular weight excluding hydrogens is 552 g/mol. The van der Waals surface area contributed by atoms with Gasteiger partial charge in [0.1, 0.15) is 5.82 Å². The number of anilines is 1. The molecular formula is C32H35ClN6O3.